The smallest absolute Gasteiger partial charge is 0.00315 e. The lowest BCUT2D eigenvalue weighted by atomic mass is 9.92. The van der Waals surface area contributed by atoms with Crippen LogP contribution in [0.4, 0.5) is 0 Å². The molecule has 0 aromatic heterocycles. The summed E-state index contributed by atoms with van der Waals surface area (Å²) in [7, 11) is 3.75. The van der Waals surface area contributed by atoms with E-state index in [1.165, 1.54) is 27.9 Å². The Balaban J connectivity index is 0.000000492. The van der Waals surface area contributed by atoms with E-state index in [-0.39, 0.29) is 0 Å². The van der Waals surface area contributed by atoms with Gasteiger partial charge in [0, 0.05) is 5.92 Å². The van der Waals surface area contributed by atoms with E-state index < -0.39 is 0 Å². The van der Waals surface area contributed by atoms with Crippen molar-refractivity contribution in [2.24, 2.45) is 5.92 Å². The molecule has 1 aromatic rings. The van der Waals surface area contributed by atoms with E-state index in [1.807, 2.05) is 14.1 Å². The molecule has 1 aromatic carbocycles. The van der Waals surface area contributed by atoms with Crippen LogP contribution in [0.1, 0.15) is 33.3 Å². The quantitative estimate of drug-likeness (QED) is 0.776. The average molecular weight is 243 g/mol. The molecular weight excluding hydrogens is 218 g/mol. The van der Waals surface area contributed by atoms with Gasteiger partial charge in [-0.25, -0.2) is 0 Å². The number of hydrogen-bond acceptors (Lipinski definition) is 1. The van der Waals surface area contributed by atoms with Gasteiger partial charge in [-0.15, -0.1) is 0 Å². The van der Waals surface area contributed by atoms with Gasteiger partial charge in [-0.1, -0.05) is 42.8 Å². The van der Waals surface area contributed by atoms with E-state index >= 15 is 0 Å². The molecule has 1 nitrogen and oxygen atoms in total. The maximum Gasteiger partial charge on any atom is 0.00315 e. The molecule has 1 aliphatic rings. The molecule has 98 valence electrons. The van der Waals surface area contributed by atoms with Gasteiger partial charge in [0.05, 0.1) is 0 Å². The van der Waals surface area contributed by atoms with Crippen LogP contribution in [0.3, 0.4) is 0 Å². The van der Waals surface area contributed by atoms with Crippen molar-refractivity contribution in [1.29, 1.82) is 0 Å². The van der Waals surface area contributed by atoms with Gasteiger partial charge in [0.2, 0.25) is 0 Å². The molecule has 1 N–H and O–H groups in total. The number of benzene rings is 1. The Labute approximate surface area is 112 Å². The van der Waals surface area contributed by atoms with E-state index in [0.717, 1.165) is 0 Å². The molecule has 0 amide bonds. The van der Waals surface area contributed by atoms with Crippen molar-refractivity contribution >= 4 is 5.57 Å². The Kier molecular flexibility index (Phi) is 5.36. The minimum atomic E-state index is 0.576. The molecular formula is C17H25N. The predicted octanol–water partition coefficient (Wildman–Crippen LogP) is 4.28. The van der Waals surface area contributed by atoms with Gasteiger partial charge >= 0.3 is 0 Å². The summed E-state index contributed by atoms with van der Waals surface area (Å²) in [5.74, 6) is 0.576. The van der Waals surface area contributed by atoms with Crippen molar-refractivity contribution in [2.75, 3.05) is 14.1 Å². The third kappa shape index (κ3) is 2.91. The van der Waals surface area contributed by atoms with Crippen molar-refractivity contribution < 1.29 is 0 Å². The van der Waals surface area contributed by atoms with E-state index in [4.69, 9.17) is 0 Å². The maximum absolute atomic E-state index is 2.75. The molecule has 1 unspecified atom stereocenters. The highest BCUT2D eigenvalue weighted by Crippen LogP contribution is 2.41. The van der Waals surface area contributed by atoms with Crippen LogP contribution in [-0.4, -0.2) is 14.1 Å². The molecule has 0 saturated heterocycles. The van der Waals surface area contributed by atoms with E-state index in [2.05, 4.69) is 63.3 Å². The summed E-state index contributed by atoms with van der Waals surface area (Å²) < 4.78 is 0. The van der Waals surface area contributed by atoms with Crippen molar-refractivity contribution in [3.05, 3.63) is 52.6 Å². The average Bonchev–Trinajstić information content (AvgIpc) is 2.56. The zero-order chi connectivity index (χ0) is 13.7. The largest absolute Gasteiger partial charge is 0.323 e. The number of hydrogen-bond donors (Lipinski definition) is 1. The first kappa shape index (κ1) is 14.7. The summed E-state index contributed by atoms with van der Waals surface area (Å²) in [6.07, 6.45) is 0. The fourth-order valence-electron chi connectivity index (χ4n) is 2.45. The van der Waals surface area contributed by atoms with E-state index in [9.17, 15) is 0 Å². The fraction of sp³-hybridized carbons (Fsp3) is 0.412. The summed E-state index contributed by atoms with van der Waals surface area (Å²) in [6.45, 7) is 9.03. The Hall–Kier alpha value is -1.34. The van der Waals surface area contributed by atoms with Crippen LogP contribution in [0.5, 0.6) is 0 Å². The summed E-state index contributed by atoms with van der Waals surface area (Å²) in [4.78, 5) is 0. The van der Waals surface area contributed by atoms with Crippen molar-refractivity contribution in [1.82, 2.24) is 5.32 Å². The van der Waals surface area contributed by atoms with Crippen molar-refractivity contribution in [3.8, 4) is 0 Å². The molecule has 1 heteroatoms. The third-order valence-electron chi connectivity index (χ3n) is 3.73. The Morgan fingerprint density at radius 3 is 1.78 bits per heavy atom. The zero-order valence-corrected chi connectivity index (χ0v) is 12.5. The monoisotopic (exact) mass is 243 g/mol. The molecule has 1 aliphatic carbocycles. The minimum Gasteiger partial charge on any atom is -0.323 e. The lowest BCUT2D eigenvalue weighted by molar-refractivity contribution is 0.895. The molecule has 0 bridgehead atoms. The Morgan fingerprint density at radius 2 is 1.39 bits per heavy atom. The van der Waals surface area contributed by atoms with Gasteiger partial charge in [-0.05, 0) is 57.1 Å². The summed E-state index contributed by atoms with van der Waals surface area (Å²) in [5, 5.41) is 2.75. The van der Waals surface area contributed by atoms with Crippen LogP contribution in [0.25, 0.3) is 5.57 Å². The second-order valence-electron chi connectivity index (χ2n) is 4.93. The molecule has 0 radical (unpaired) electrons. The molecule has 0 fully saturated rings. The maximum atomic E-state index is 2.75. The standard InChI is InChI=1S/C15H18.C2H7N/c1-10-11(2)13(4)15(12(10)3)14-8-6-5-7-9-14;1-3-2/h5-9,12H,1-4H3;3H,1-2H3. The molecule has 0 spiro atoms. The van der Waals surface area contributed by atoms with E-state index in [1.54, 1.807) is 0 Å². The second kappa shape index (κ2) is 6.55. The molecule has 0 heterocycles. The summed E-state index contributed by atoms with van der Waals surface area (Å²) in [5.41, 5.74) is 7.34. The first-order valence-electron chi connectivity index (χ1n) is 6.57. The van der Waals surface area contributed by atoms with Crippen LogP contribution in [0, 0.1) is 5.92 Å². The van der Waals surface area contributed by atoms with Crippen molar-refractivity contribution in [2.45, 2.75) is 27.7 Å². The van der Waals surface area contributed by atoms with Gasteiger partial charge in [0.1, 0.15) is 0 Å². The second-order valence-corrected chi connectivity index (χ2v) is 4.93. The third-order valence-corrected chi connectivity index (χ3v) is 3.73. The Bertz CT molecular complexity index is 452. The van der Waals surface area contributed by atoms with Crippen LogP contribution in [0.2, 0.25) is 0 Å². The first-order valence-corrected chi connectivity index (χ1v) is 6.57. The highest BCUT2D eigenvalue weighted by molar-refractivity contribution is 5.79. The molecule has 1 atom stereocenters. The number of allylic oxidation sites excluding steroid dienone is 4. The van der Waals surface area contributed by atoms with Crippen molar-refractivity contribution in [3.63, 3.8) is 0 Å². The van der Waals surface area contributed by atoms with Gasteiger partial charge in [-0.3, -0.25) is 0 Å². The van der Waals surface area contributed by atoms with Gasteiger partial charge in [0.15, 0.2) is 0 Å². The molecule has 2 rings (SSSR count). The predicted molar refractivity (Wildman–Crippen MR) is 81.6 cm³/mol. The fourth-order valence-corrected chi connectivity index (χ4v) is 2.45. The zero-order valence-electron chi connectivity index (χ0n) is 12.5. The summed E-state index contributed by atoms with van der Waals surface area (Å²) >= 11 is 0. The van der Waals surface area contributed by atoms with Crippen LogP contribution >= 0.6 is 0 Å². The highest BCUT2D eigenvalue weighted by Gasteiger charge is 2.23. The molecule has 18 heavy (non-hydrogen) atoms. The van der Waals surface area contributed by atoms with Crippen LogP contribution in [0.15, 0.2) is 47.1 Å². The molecule has 0 saturated carbocycles. The van der Waals surface area contributed by atoms with Gasteiger partial charge in [0.25, 0.3) is 0 Å². The Morgan fingerprint density at radius 1 is 0.889 bits per heavy atom. The normalized spacial score (nSPS) is 18.9. The van der Waals surface area contributed by atoms with Gasteiger partial charge < -0.3 is 5.32 Å². The highest BCUT2D eigenvalue weighted by atomic mass is 14.7. The number of rotatable bonds is 1. The minimum absolute atomic E-state index is 0.576. The first-order chi connectivity index (χ1) is 8.54. The number of nitrogens with one attached hydrogen (secondary N) is 1. The SMILES string of the molecule is CC1=C(C)C(C)C(c2ccccc2)=C1C.CNC. The topological polar surface area (TPSA) is 12.0 Å². The molecule has 0 aliphatic heterocycles. The van der Waals surface area contributed by atoms with Crippen LogP contribution < -0.4 is 5.32 Å². The van der Waals surface area contributed by atoms with Gasteiger partial charge in [-0.2, -0.15) is 0 Å². The van der Waals surface area contributed by atoms with E-state index in [0.29, 0.717) is 5.92 Å². The summed E-state index contributed by atoms with van der Waals surface area (Å²) in [6, 6.07) is 10.7. The van der Waals surface area contributed by atoms with Crippen LogP contribution in [-0.2, 0) is 0 Å². The lowest BCUT2D eigenvalue weighted by Crippen LogP contribution is -1.96. The lowest BCUT2D eigenvalue weighted by Gasteiger charge is -2.12.